The summed E-state index contributed by atoms with van der Waals surface area (Å²) in [6.07, 6.45) is 2.02. The number of hydrogen-bond acceptors (Lipinski definition) is 4. The van der Waals surface area contributed by atoms with Crippen LogP contribution in [0.15, 0.2) is 66.7 Å². The van der Waals surface area contributed by atoms with E-state index in [1.54, 1.807) is 21.3 Å². The van der Waals surface area contributed by atoms with Gasteiger partial charge in [-0.3, -0.25) is 0 Å². The zero-order valence-electron chi connectivity index (χ0n) is 17.8. The van der Waals surface area contributed by atoms with Gasteiger partial charge in [-0.25, -0.2) is 0 Å². The molecule has 0 bridgehead atoms. The summed E-state index contributed by atoms with van der Waals surface area (Å²) in [7, 11) is 4.89. The van der Waals surface area contributed by atoms with E-state index in [1.165, 1.54) is 16.7 Å². The van der Waals surface area contributed by atoms with Crippen molar-refractivity contribution in [3.8, 4) is 28.4 Å². The zero-order chi connectivity index (χ0) is 20.9. The van der Waals surface area contributed by atoms with E-state index in [4.69, 9.17) is 18.9 Å². The Kier molecular flexibility index (Phi) is 6.24. The molecule has 0 N–H and O–H groups in total. The topological polar surface area (TPSA) is 36.9 Å². The van der Waals surface area contributed by atoms with E-state index < -0.39 is 0 Å². The summed E-state index contributed by atoms with van der Waals surface area (Å²) >= 11 is 0. The number of rotatable bonds is 7. The molecule has 0 aliphatic carbocycles. The summed E-state index contributed by atoms with van der Waals surface area (Å²) in [5.74, 6) is 2.42. The minimum Gasteiger partial charge on any atom is -0.493 e. The second-order valence-electron chi connectivity index (χ2n) is 7.65. The Morgan fingerprint density at radius 2 is 1.43 bits per heavy atom. The lowest BCUT2D eigenvalue weighted by Gasteiger charge is -2.17. The van der Waals surface area contributed by atoms with Gasteiger partial charge in [0, 0.05) is 0 Å². The van der Waals surface area contributed by atoms with Crippen LogP contribution >= 0.6 is 0 Å². The minimum absolute atomic E-state index is 0.0345. The standard InChI is InChI=1S/C26H28O4/c1-27-24-15-22(16-25(28-2)26(24)29-3)23-14-19(17-30-23)13-18-9-11-21(12-10-18)20-7-5-4-6-8-20/h4-12,15-16,19,23H,13-14,17H2,1-3H3/t19-,23+/m1/s1. The van der Waals surface area contributed by atoms with Crippen LogP contribution < -0.4 is 14.2 Å². The maximum absolute atomic E-state index is 6.14. The van der Waals surface area contributed by atoms with Crippen LogP contribution in [0.5, 0.6) is 17.2 Å². The van der Waals surface area contributed by atoms with Gasteiger partial charge in [0.2, 0.25) is 5.75 Å². The molecule has 30 heavy (non-hydrogen) atoms. The lowest BCUT2D eigenvalue weighted by Crippen LogP contribution is -2.03. The molecule has 0 radical (unpaired) electrons. The highest BCUT2D eigenvalue weighted by molar-refractivity contribution is 5.63. The van der Waals surface area contributed by atoms with Gasteiger partial charge in [0.1, 0.15) is 0 Å². The first-order chi connectivity index (χ1) is 14.7. The van der Waals surface area contributed by atoms with Gasteiger partial charge in [-0.05, 0) is 53.1 Å². The average molecular weight is 405 g/mol. The van der Waals surface area contributed by atoms with Gasteiger partial charge in [-0.2, -0.15) is 0 Å². The quantitative estimate of drug-likeness (QED) is 0.506. The maximum Gasteiger partial charge on any atom is 0.203 e. The smallest absolute Gasteiger partial charge is 0.203 e. The van der Waals surface area contributed by atoms with Crippen LogP contribution in [-0.2, 0) is 11.2 Å². The number of ether oxygens (including phenoxy) is 4. The molecule has 0 unspecified atom stereocenters. The third kappa shape index (κ3) is 4.29. The van der Waals surface area contributed by atoms with Gasteiger partial charge in [0.15, 0.2) is 11.5 Å². The molecule has 3 aromatic carbocycles. The second-order valence-corrected chi connectivity index (χ2v) is 7.65. The van der Waals surface area contributed by atoms with E-state index in [-0.39, 0.29) is 6.10 Å². The Balaban J connectivity index is 1.44. The zero-order valence-corrected chi connectivity index (χ0v) is 17.8. The van der Waals surface area contributed by atoms with Crippen molar-refractivity contribution in [1.29, 1.82) is 0 Å². The van der Waals surface area contributed by atoms with Crippen molar-refractivity contribution in [1.82, 2.24) is 0 Å². The third-order valence-corrected chi connectivity index (χ3v) is 5.72. The van der Waals surface area contributed by atoms with Gasteiger partial charge >= 0.3 is 0 Å². The van der Waals surface area contributed by atoms with Crippen LogP contribution in [0.25, 0.3) is 11.1 Å². The molecular formula is C26H28O4. The molecule has 4 rings (SSSR count). The predicted molar refractivity (Wildman–Crippen MR) is 118 cm³/mol. The lowest BCUT2D eigenvalue weighted by molar-refractivity contribution is 0.107. The monoisotopic (exact) mass is 404 g/mol. The lowest BCUT2D eigenvalue weighted by atomic mass is 9.93. The average Bonchev–Trinajstić information content (AvgIpc) is 3.27. The molecule has 4 heteroatoms. The van der Waals surface area contributed by atoms with Crippen molar-refractivity contribution in [2.75, 3.05) is 27.9 Å². The number of benzene rings is 3. The molecular weight excluding hydrogens is 376 g/mol. The maximum atomic E-state index is 6.14. The fourth-order valence-corrected chi connectivity index (χ4v) is 4.15. The highest BCUT2D eigenvalue weighted by atomic mass is 16.5. The van der Waals surface area contributed by atoms with Crippen LogP contribution in [0.1, 0.15) is 23.7 Å². The fourth-order valence-electron chi connectivity index (χ4n) is 4.15. The summed E-state index contributed by atoms with van der Waals surface area (Å²) in [6.45, 7) is 0.752. The SMILES string of the molecule is COc1cc([C@@H]2C[C@@H](Cc3ccc(-c4ccccc4)cc3)CO2)cc(OC)c1OC. The molecule has 156 valence electrons. The Morgan fingerprint density at radius 3 is 2.03 bits per heavy atom. The Morgan fingerprint density at radius 1 is 0.800 bits per heavy atom. The molecule has 0 aromatic heterocycles. The third-order valence-electron chi connectivity index (χ3n) is 5.72. The summed E-state index contributed by atoms with van der Waals surface area (Å²) in [5.41, 5.74) is 4.90. The molecule has 0 spiro atoms. The van der Waals surface area contributed by atoms with Gasteiger partial charge < -0.3 is 18.9 Å². The van der Waals surface area contributed by atoms with Crippen LogP contribution in [-0.4, -0.2) is 27.9 Å². The number of methoxy groups -OCH3 is 3. The van der Waals surface area contributed by atoms with Crippen LogP contribution in [0, 0.1) is 5.92 Å². The van der Waals surface area contributed by atoms with Crippen LogP contribution in [0.2, 0.25) is 0 Å². The van der Waals surface area contributed by atoms with Crippen molar-refractivity contribution in [3.63, 3.8) is 0 Å². The summed E-state index contributed by atoms with van der Waals surface area (Å²) < 4.78 is 22.5. The van der Waals surface area contributed by atoms with E-state index in [1.807, 2.05) is 18.2 Å². The molecule has 1 aliphatic heterocycles. The summed E-state index contributed by atoms with van der Waals surface area (Å²) in [4.78, 5) is 0. The van der Waals surface area contributed by atoms with E-state index in [9.17, 15) is 0 Å². The van der Waals surface area contributed by atoms with Crippen molar-refractivity contribution < 1.29 is 18.9 Å². The minimum atomic E-state index is 0.0345. The van der Waals surface area contributed by atoms with Crippen molar-refractivity contribution in [3.05, 3.63) is 77.9 Å². The molecule has 0 saturated carbocycles. The Bertz CT molecular complexity index is 941. The summed E-state index contributed by atoms with van der Waals surface area (Å²) in [6, 6.07) is 23.3. The van der Waals surface area contributed by atoms with Crippen molar-refractivity contribution >= 4 is 0 Å². The van der Waals surface area contributed by atoms with Crippen LogP contribution in [0.3, 0.4) is 0 Å². The normalized spacial score (nSPS) is 18.2. The Labute approximate surface area is 178 Å². The molecule has 4 nitrogen and oxygen atoms in total. The van der Waals surface area contributed by atoms with E-state index in [0.29, 0.717) is 23.2 Å². The molecule has 1 fully saturated rings. The first-order valence-corrected chi connectivity index (χ1v) is 10.3. The molecule has 1 saturated heterocycles. The molecule has 2 atom stereocenters. The Hall–Kier alpha value is -2.98. The van der Waals surface area contributed by atoms with E-state index in [0.717, 1.165) is 25.0 Å². The fraction of sp³-hybridized carbons (Fsp3) is 0.308. The van der Waals surface area contributed by atoms with Crippen LogP contribution in [0.4, 0.5) is 0 Å². The van der Waals surface area contributed by atoms with E-state index >= 15 is 0 Å². The van der Waals surface area contributed by atoms with Crippen molar-refractivity contribution in [2.45, 2.75) is 18.9 Å². The summed E-state index contributed by atoms with van der Waals surface area (Å²) in [5, 5.41) is 0. The first-order valence-electron chi connectivity index (χ1n) is 10.3. The predicted octanol–water partition coefficient (Wildman–Crippen LogP) is 5.70. The van der Waals surface area contributed by atoms with Gasteiger partial charge in [-0.1, -0.05) is 54.6 Å². The molecule has 1 aliphatic rings. The van der Waals surface area contributed by atoms with Gasteiger partial charge in [0.05, 0.1) is 34.0 Å². The number of hydrogen-bond donors (Lipinski definition) is 0. The first kappa shape index (κ1) is 20.3. The largest absolute Gasteiger partial charge is 0.493 e. The highest BCUT2D eigenvalue weighted by Gasteiger charge is 2.28. The van der Waals surface area contributed by atoms with E-state index in [2.05, 4.69) is 48.5 Å². The van der Waals surface area contributed by atoms with Gasteiger partial charge in [-0.15, -0.1) is 0 Å². The van der Waals surface area contributed by atoms with Crippen molar-refractivity contribution in [2.24, 2.45) is 5.92 Å². The highest BCUT2D eigenvalue weighted by Crippen LogP contribution is 2.43. The molecule has 3 aromatic rings. The molecule has 1 heterocycles. The van der Waals surface area contributed by atoms with Gasteiger partial charge in [0.25, 0.3) is 0 Å². The molecule has 0 amide bonds. The second kappa shape index (κ2) is 9.23.